The first-order valence-corrected chi connectivity index (χ1v) is 13.6. The van der Waals surface area contributed by atoms with Crippen molar-refractivity contribution < 1.29 is 32.6 Å². The smallest absolute Gasteiger partial charge is 0.446 e. The van der Waals surface area contributed by atoms with Crippen molar-refractivity contribution in [3.8, 4) is 11.8 Å². The first-order valence-electron chi connectivity index (χ1n) is 12.7. The van der Waals surface area contributed by atoms with Crippen LogP contribution in [-0.4, -0.2) is 77.9 Å². The minimum atomic E-state index is -4.37. The van der Waals surface area contributed by atoms with Crippen LogP contribution in [0.25, 0.3) is 0 Å². The Morgan fingerprint density at radius 1 is 1.15 bits per heavy atom. The van der Waals surface area contributed by atoms with Crippen LogP contribution in [0.1, 0.15) is 18.4 Å². The van der Waals surface area contributed by atoms with Crippen LogP contribution < -0.4 is 15.4 Å². The average Bonchev–Trinajstić information content (AvgIpc) is 3.16. The summed E-state index contributed by atoms with van der Waals surface area (Å²) < 4.78 is 43.5. The Balaban J connectivity index is 1.31. The van der Waals surface area contributed by atoms with Crippen molar-refractivity contribution in [1.82, 2.24) is 15.1 Å². The number of hydrogen-bond donors (Lipinski definition) is 3. The molecule has 1 heterocycles. The normalized spacial score (nSPS) is 21.2. The van der Waals surface area contributed by atoms with E-state index in [0.29, 0.717) is 36.6 Å². The molecule has 9 nitrogen and oxygen atoms in total. The number of amides is 3. The number of fused-ring (bicyclic) bond motifs is 2. The number of urea groups is 1. The second-order valence-corrected chi connectivity index (χ2v) is 11.2. The number of thioether (sulfide) groups is 1. The number of likely N-dealkylation sites (tertiary alicyclic amines) is 1. The Hall–Kier alpha value is -3.63. The van der Waals surface area contributed by atoms with Crippen LogP contribution in [0.15, 0.2) is 53.4 Å². The summed E-state index contributed by atoms with van der Waals surface area (Å²) in [5, 5.41) is 23.6. The summed E-state index contributed by atoms with van der Waals surface area (Å²) >= 11 is -0.207. The Morgan fingerprint density at radius 3 is 2.33 bits per heavy atom. The van der Waals surface area contributed by atoms with E-state index in [1.165, 1.54) is 24.3 Å². The van der Waals surface area contributed by atoms with Gasteiger partial charge in [-0.05, 0) is 85.0 Å². The molecule has 1 saturated heterocycles. The lowest BCUT2D eigenvalue weighted by atomic mass is 9.91. The molecule has 2 bridgehead atoms. The van der Waals surface area contributed by atoms with Gasteiger partial charge in [-0.2, -0.15) is 18.4 Å². The summed E-state index contributed by atoms with van der Waals surface area (Å²) in [6, 6.07) is 13.4. The topological polar surface area (TPSA) is 118 Å². The maximum Gasteiger partial charge on any atom is 0.446 e. The number of anilines is 1. The highest BCUT2D eigenvalue weighted by Gasteiger charge is 2.45. The molecule has 1 aliphatic carbocycles. The number of nitrogens with zero attached hydrogens (tertiary/aromatic N) is 3. The summed E-state index contributed by atoms with van der Waals surface area (Å²) in [7, 11) is 1.73. The predicted octanol–water partition coefficient (Wildman–Crippen LogP) is 5.06. The zero-order chi connectivity index (χ0) is 28.9. The number of rotatable bonds is 9. The van der Waals surface area contributed by atoms with Gasteiger partial charge in [0.15, 0.2) is 0 Å². The fourth-order valence-corrected chi connectivity index (χ4v) is 6.15. The van der Waals surface area contributed by atoms with Crippen molar-refractivity contribution in [2.24, 2.45) is 11.8 Å². The van der Waals surface area contributed by atoms with Crippen molar-refractivity contribution in [2.45, 2.75) is 35.3 Å². The SMILES string of the molecule is CN(C(=O)Nc1ccc(SC(F)(F)F)cc1)C1C2CCC1CN(C[C@@H](COc1ccc(C#N)cc1)NC(=O)O)C2. The molecule has 0 spiro atoms. The second kappa shape index (κ2) is 12.7. The lowest BCUT2D eigenvalue weighted by Crippen LogP contribution is -2.56. The fourth-order valence-electron chi connectivity index (χ4n) is 5.61. The van der Waals surface area contributed by atoms with E-state index in [1.807, 2.05) is 6.07 Å². The van der Waals surface area contributed by atoms with Gasteiger partial charge in [-0.25, -0.2) is 9.59 Å². The number of ether oxygens (including phenoxy) is 1. The minimum Gasteiger partial charge on any atom is -0.491 e. The maximum absolute atomic E-state index is 13.0. The molecule has 1 saturated carbocycles. The fraction of sp³-hybridized carbons (Fsp3) is 0.444. The minimum absolute atomic E-state index is 0.00269. The summed E-state index contributed by atoms with van der Waals surface area (Å²) in [6.45, 7) is 1.95. The summed E-state index contributed by atoms with van der Waals surface area (Å²) in [6.07, 6.45) is 0.727. The van der Waals surface area contributed by atoms with E-state index >= 15 is 0 Å². The summed E-state index contributed by atoms with van der Waals surface area (Å²) in [5.74, 6) is 0.936. The average molecular weight is 578 g/mol. The van der Waals surface area contributed by atoms with Gasteiger partial charge in [0.25, 0.3) is 0 Å². The predicted molar refractivity (Wildman–Crippen MR) is 143 cm³/mol. The highest BCUT2D eigenvalue weighted by Crippen LogP contribution is 2.40. The van der Waals surface area contributed by atoms with Gasteiger partial charge in [0.1, 0.15) is 12.4 Å². The van der Waals surface area contributed by atoms with Gasteiger partial charge in [0.05, 0.1) is 17.7 Å². The Morgan fingerprint density at radius 2 is 1.77 bits per heavy atom. The molecule has 2 aromatic carbocycles. The van der Waals surface area contributed by atoms with E-state index in [0.717, 1.165) is 12.8 Å². The number of alkyl halides is 3. The lowest BCUT2D eigenvalue weighted by Gasteiger charge is -2.43. The summed E-state index contributed by atoms with van der Waals surface area (Å²) in [4.78, 5) is 28.3. The number of nitriles is 1. The van der Waals surface area contributed by atoms with Crippen LogP contribution >= 0.6 is 11.8 Å². The number of halogens is 3. The van der Waals surface area contributed by atoms with Crippen LogP contribution in [0.5, 0.6) is 5.75 Å². The Labute approximate surface area is 234 Å². The van der Waals surface area contributed by atoms with Gasteiger partial charge in [-0.15, -0.1) is 0 Å². The van der Waals surface area contributed by atoms with Crippen LogP contribution in [0.3, 0.4) is 0 Å². The van der Waals surface area contributed by atoms with E-state index in [1.54, 1.807) is 36.2 Å². The van der Waals surface area contributed by atoms with Gasteiger partial charge in [0.2, 0.25) is 0 Å². The zero-order valence-electron chi connectivity index (χ0n) is 21.7. The van der Waals surface area contributed by atoms with Crippen molar-refractivity contribution >= 4 is 29.6 Å². The molecule has 0 aromatic heterocycles. The molecule has 3 amide bonds. The number of carbonyl (C=O) groups excluding carboxylic acids is 1. The molecule has 2 fully saturated rings. The molecule has 2 aliphatic rings. The number of hydrogen-bond acceptors (Lipinski definition) is 6. The highest BCUT2D eigenvalue weighted by atomic mass is 32.2. The standard InChI is InChI=1S/C27H30F3N5O4S/c1-34(25(36)32-20-6-10-23(11-7-20)40-27(28,29)30)24-18-4-5-19(24)14-35(13-18)15-21(33-26(37)38)16-39-22-8-2-17(12-31)3-9-22/h2-3,6-11,18-19,21,24,33H,4-5,13-16H2,1H3,(H,32,36)(H,37,38)/t18?,19?,21-,24?/m0/s1. The van der Waals surface area contributed by atoms with Gasteiger partial charge in [-0.3, -0.25) is 0 Å². The molecule has 2 aromatic rings. The molecule has 3 atom stereocenters. The van der Waals surface area contributed by atoms with Crippen molar-refractivity contribution in [3.63, 3.8) is 0 Å². The molecule has 214 valence electrons. The molecule has 4 rings (SSSR count). The Bertz CT molecular complexity index is 1210. The van der Waals surface area contributed by atoms with Gasteiger partial charge < -0.3 is 30.3 Å². The van der Waals surface area contributed by atoms with E-state index in [2.05, 4.69) is 15.5 Å². The number of carboxylic acid groups (broad SMARTS) is 1. The van der Waals surface area contributed by atoms with Crippen molar-refractivity contribution in [2.75, 3.05) is 38.6 Å². The van der Waals surface area contributed by atoms with Gasteiger partial charge in [-0.1, -0.05) is 0 Å². The van der Waals surface area contributed by atoms with Gasteiger partial charge in [0, 0.05) is 43.3 Å². The molecular weight excluding hydrogens is 547 g/mol. The van der Waals surface area contributed by atoms with Crippen molar-refractivity contribution in [1.29, 1.82) is 5.26 Å². The third kappa shape index (κ3) is 7.95. The van der Waals surface area contributed by atoms with E-state index in [-0.39, 0.29) is 47.2 Å². The third-order valence-corrected chi connectivity index (χ3v) is 7.95. The largest absolute Gasteiger partial charge is 0.491 e. The third-order valence-electron chi connectivity index (χ3n) is 7.21. The Kier molecular flexibility index (Phi) is 9.32. The first-order chi connectivity index (χ1) is 19.0. The quantitative estimate of drug-likeness (QED) is 0.357. The van der Waals surface area contributed by atoms with E-state index in [4.69, 9.17) is 10.00 Å². The maximum atomic E-state index is 13.0. The second-order valence-electron chi connectivity index (χ2n) is 10.0. The number of piperidine rings is 1. The monoisotopic (exact) mass is 577 g/mol. The van der Waals surface area contributed by atoms with Crippen LogP contribution in [0, 0.1) is 23.2 Å². The number of benzene rings is 2. The molecule has 3 N–H and O–H groups in total. The van der Waals surface area contributed by atoms with Gasteiger partial charge >= 0.3 is 17.6 Å². The zero-order valence-corrected chi connectivity index (χ0v) is 22.5. The van der Waals surface area contributed by atoms with Crippen molar-refractivity contribution in [3.05, 3.63) is 54.1 Å². The number of nitrogens with one attached hydrogen (secondary N) is 2. The van der Waals surface area contributed by atoms with E-state index < -0.39 is 17.6 Å². The van der Waals surface area contributed by atoms with E-state index in [9.17, 15) is 27.9 Å². The first kappa shape index (κ1) is 29.4. The summed E-state index contributed by atoms with van der Waals surface area (Å²) in [5.41, 5.74) is -3.46. The molecule has 13 heteroatoms. The lowest BCUT2D eigenvalue weighted by molar-refractivity contribution is -0.0328. The molecular formula is C27H30F3N5O4S. The molecule has 1 aliphatic heterocycles. The molecule has 40 heavy (non-hydrogen) atoms. The van der Waals surface area contributed by atoms with Crippen LogP contribution in [-0.2, 0) is 0 Å². The number of carbonyl (C=O) groups is 2. The highest BCUT2D eigenvalue weighted by molar-refractivity contribution is 8.00. The van der Waals surface area contributed by atoms with Crippen LogP contribution in [0.2, 0.25) is 0 Å². The van der Waals surface area contributed by atoms with Crippen LogP contribution in [0.4, 0.5) is 28.4 Å². The molecule has 0 radical (unpaired) electrons. The molecule has 2 unspecified atom stereocenters.